The molecule has 1 aromatic heterocycles. The topological polar surface area (TPSA) is 50.9 Å². The number of hydrogen-bond acceptors (Lipinski definition) is 3. The summed E-state index contributed by atoms with van der Waals surface area (Å²) in [6.07, 6.45) is 6.37. The number of nitrogens with one attached hydrogen (secondary N) is 1. The van der Waals surface area contributed by atoms with E-state index in [2.05, 4.69) is 26.2 Å². The molecule has 1 saturated carbocycles. The second-order valence-electron chi connectivity index (χ2n) is 4.30. The molecule has 0 aliphatic heterocycles. The van der Waals surface area contributed by atoms with Gasteiger partial charge in [-0.1, -0.05) is 24.4 Å². The molecule has 0 atom stereocenters. The average Bonchev–Trinajstić information content (AvgIpc) is 2.72. The van der Waals surface area contributed by atoms with Gasteiger partial charge in [0.15, 0.2) is 0 Å². The minimum atomic E-state index is -0.00945. The molecular weight excluding hydrogens is 289 g/mol. The third-order valence-electron chi connectivity index (χ3n) is 3.14. The van der Waals surface area contributed by atoms with E-state index in [4.69, 9.17) is 17.3 Å². The largest absolute Gasteiger partial charge is 0.362 e. The van der Waals surface area contributed by atoms with Gasteiger partial charge >= 0.3 is 0 Å². The van der Waals surface area contributed by atoms with Crippen LogP contribution in [0.4, 0.5) is 5.82 Å². The maximum absolute atomic E-state index is 6.13. The smallest absolute Gasteiger partial charge is 0.145 e. The minimum absolute atomic E-state index is 0.00945. The minimum Gasteiger partial charge on any atom is -0.362 e. The predicted molar refractivity (Wildman–Crippen MR) is 70.8 cm³/mol. The molecule has 0 spiro atoms. The lowest BCUT2D eigenvalue weighted by Gasteiger charge is -2.29. The first-order valence-electron chi connectivity index (χ1n) is 5.44. The van der Waals surface area contributed by atoms with Gasteiger partial charge in [-0.25, -0.2) is 4.98 Å². The normalized spacial score (nSPS) is 18.7. The summed E-state index contributed by atoms with van der Waals surface area (Å²) >= 11 is 9.47. The zero-order valence-electron chi connectivity index (χ0n) is 8.97. The van der Waals surface area contributed by atoms with E-state index in [1.165, 1.54) is 12.8 Å². The summed E-state index contributed by atoms with van der Waals surface area (Å²) < 4.78 is 0.885. The third kappa shape index (κ3) is 2.50. The lowest BCUT2D eigenvalue weighted by molar-refractivity contribution is 0.491. The van der Waals surface area contributed by atoms with Crippen molar-refractivity contribution in [2.45, 2.75) is 31.2 Å². The van der Waals surface area contributed by atoms with Gasteiger partial charge in [-0.05, 0) is 34.8 Å². The van der Waals surface area contributed by atoms with Crippen LogP contribution >= 0.6 is 27.5 Å². The van der Waals surface area contributed by atoms with Crippen LogP contribution in [0.2, 0.25) is 5.02 Å². The number of pyridine rings is 1. The van der Waals surface area contributed by atoms with Crippen LogP contribution < -0.4 is 11.1 Å². The molecule has 3 N–H and O–H groups in total. The van der Waals surface area contributed by atoms with Crippen molar-refractivity contribution < 1.29 is 0 Å². The molecule has 88 valence electrons. The first kappa shape index (κ1) is 12.1. The van der Waals surface area contributed by atoms with Crippen molar-refractivity contribution >= 4 is 33.3 Å². The van der Waals surface area contributed by atoms with Crippen LogP contribution in [0.25, 0.3) is 0 Å². The van der Waals surface area contributed by atoms with Crippen LogP contribution in [0.15, 0.2) is 16.7 Å². The first-order chi connectivity index (χ1) is 7.65. The maximum Gasteiger partial charge on any atom is 0.145 e. The molecule has 1 heterocycles. The summed E-state index contributed by atoms with van der Waals surface area (Å²) in [6.45, 7) is 0.626. The number of halogens is 2. The SMILES string of the molecule is NCC1(Nc2ncc(Br)cc2Cl)CCCC1. The number of nitrogens with zero attached hydrogens (tertiary/aromatic N) is 1. The molecule has 16 heavy (non-hydrogen) atoms. The summed E-state index contributed by atoms with van der Waals surface area (Å²) in [5.41, 5.74) is 5.84. The third-order valence-corrected chi connectivity index (χ3v) is 3.86. The highest BCUT2D eigenvalue weighted by molar-refractivity contribution is 9.10. The Kier molecular flexibility index (Phi) is 3.72. The Morgan fingerprint density at radius 3 is 2.75 bits per heavy atom. The maximum atomic E-state index is 6.13. The summed E-state index contributed by atoms with van der Waals surface area (Å²) in [5.74, 6) is 0.734. The fraction of sp³-hybridized carbons (Fsp3) is 0.545. The van der Waals surface area contributed by atoms with E-state index in [9.17, 15) is 0 Å². The zero-order valence-corrected chi connectivity index (χ0v) is 11.3. The summed E-state index contributed by atoms with van der Waals surface area (Å²) in [7, 11) is 0. The van der Waals surface area contributed by atoms with Gasteiger partial charge < -0.3 is 11.1 Å². The van der Waals surface area contributed by atoms with Crippen molar-refractivity contribution in [3.63, 3.8) is 0 Å². The molecular formula is C11H15BrClN3. The van der Waals surface area contributed by atoms with E-state index in [1.54, 1.807) is 6.20 Å². The molecule has 1 aromatic rings. The molecule has 1 aliphatic carbocycles. The van der Waals surface area contributed by atoms with Crippen LogP contribution in [0.1, 0.15) is 25.7 Å². The van der Waals surface area contributed by atoms with Crippen molar-refractivity contribution in [2.24, 2.45) is 5.73 Å². The van der Waals surface area contributed by atoms with E-state index in [0.717, 1.165) is 23.1 Å². The van der Waals surface area contributed by atoms with E-state index in [1.807, 2.05) is 6.07 Å². The van der Waals surface area contributed by atoms with Gasteiger partial charge in [0, 0.05) is 17.2 Å². The highest BCUT2D eigenvalue weighted by Crippen LogP contribution is 2.34. The Bertz CT molecular complexity index is 377. The van der Waals surface area contributed by atoms with Crippen LogP contribution in [0.5, 0.6) is 0 Å². The van der Waals surface area contributed by atoms with E-state index in [-0.39, 0.29) is 5.54 Å². The summed E-state index contributed by atoms with van der Waals surface area (Å²) in [4.78, 5) is 4.29. The van der Waals surface area contributed by atoms with E-state index in [0.29, 0.717) is 11.6 Å². The van der Waals surface area contributed by atoms with Gasteiger partial charge in [-0.15, -0.1) is 0 Å². The molecule has 2 rings (SSSR count). The number of hydrogen-bond donors (Lipinski definition) is 2. The molecule has 0 amide bonds. The standard InChI is InChI=1S/C11H15BrClN3/c12-8-5-9(13)10(15-6-8)16-11(7-14)3-1-2-4-11/h5-6H,1-4,7,14H2,(H,15,16). The lowest BCUT2D eigenvalue weighted by atomic mass is 9.98. The van der Waals surface area contributed by atoms with Crippen molar-refractivity contribution in [2.75, 3.05) is 11.9 Å². The Hall–Kier alpha value is -0.320. The van der Waals surface area contributed by atoms with E-state index < -0.39 is 0 Å². The predicted octanol–water partition coefficient (Wildman–Crippen LogP) is 3.18. The molecule has 1 aliphatic rings. The molecule has 0 bridgehead atoms. The highest BCUT2D eigenvalue weighted by Gasteiger charge is 2.32. The number of rotatable bonds is 3. The van der Waals surface area contributed by atoms with Gasteiger partial charge in [0.2, 0.25) is 0 Å². The quantitative estimate of drug-likeness (QED) is 0.902. The second kappa shape index (κ2) is 4.90. The summed E-state index contributed by atoms with van der Waals surface area (Å²) in [6, 6.07) is 1.84. The van der Waals surface area contributed by atoms with Gasteiger partial charge in [-0.2, -0.15) is 0 Å². The number of aromatic nitrogens is 1. The van der Waals surface area contributed by atoms with Gasteiger partial charge in [-0.3, -0.25) is 0 Å². The molecule has 0 aromatic carbocycles. The fourth-order valence-electron chi connectivity index (χ4n) is 2.19. The Morgan fingerprint density at radius 2 is 2.19 bits per heavy atom. The van der Waals surface area contributed by atoms with Crippen molar-refractivity contribution in [3.8, 4) is 0 Å². The molecule has 3 nitrogen and oxygen atoms in total. The van der Waals surface area contributed by atoms with Crippen molar-refractivity contribution in [1.29, 1.82) is 0 Å². The fourth-order valence-corrected chi connectivity index (χ4v) is 2.87. The Balaban J connectivity index is 2.19. The second-order valence-corrected chi connectivity index (χ2v) is 5.62. The van der Waals surface area contributed by atoms with Crippen LogP contribution in [0.3, 0.4) is 0 Å². The van der Waals surface area contributed by atoms with Crippen LogP contribution in [0, 0.1) is 0 Å². The monoisotopic (exact) mass is 303 g/mol. The Labute approximate surface area is 109 Å². The first-order valence-corrected chi connectivity index (χ1v) is 6.62. The zero-order chi connectivity index (χ0) is 11.6. The molecule has 0 unspecified atom stereocenters. The van der Waals surface area contributed by atoms with Gasteiger partial charge in [0.05, 0.1) is 10.6 Å². The average molecular weight is 305 g/mol. The van der Waals surface area contributed by atoms with Crippen molar-refractivity contribution in [1.82, 2.24) is 4.98 Å². The summed E-state index contributed by atoms with van der Waals surface area (Å²) in [5, 5.41) is 4.04. The molecule has 0 saturated heterocycles. The lowest BCUT2D eigenvalue weighted by Crippen LogP contribution is -2.43. The van der Waals surface area contributed by atoms with Gasteiger partial charge in [0.25, 0.3) is 0 Å². The van der Waals surface area contributed by atoms with Crippen LogP contribution in [-0.2, 0) is 0 Å². The van der Waals surface area contributed by atoms with Crippen LogP contribution in [-0.4, -0.2) is 17.1 Å². The molecule has 5 heteroatoms. The number of anilines is 1. The van der Waals surface area contributed by atoms with Gasteiger partial charge in [0.1, 0.15) is 5.82 Å². The molecule has 0 radical (unpaired) electrons. The Morgan fingerprint density at radius 1 is 1.50 bits per heavy atom. The van der Waals surface area contributed by atoms with Crippen molar-refractivity contribution in [3.05, 3.63) is 21.8 Å². The highest BCUT2D eigenvalue weighted by atomic mass is 79.9. The van der Waals surface area contributed by atoms with E-state index >= 15 is 0 Å². The molecule has 1 fully saturated rings. The number of nitrogens with two attached hydrogens (primary N) is 1.